The molecule has 1 atom stereocenters. The van der Waals surface area contributed by atoms with Gasteiger partial charge in [0.15, 0.2) is 0 Å². The minimum Gasteiger partial charge on any atom is -0.469 e. The Bertz CT molecular complexity index is 358. The fourth-order valence-corrected chi connectivity index (χ4v) is 4.89. The van der Waals surface area contributed by atoms with Crippen molar-refractivity contribution in [2.45, 2.75) is 69.8 Å². The predicted octanol–water partition coefficient (Wildman–Crippen LogP) is 3.41. The highest BCUT2D eigenvalue weighted by atomic mass is 32.2. The van der Waals surface area contributed by atoms with Crippen molar-refractivity contribution in [3.8, 4) is 0 Å². The van der Waals surface area contributed by atoms with Crippen molar-refractivity contribution in [2.75, 3.05) is 12.9 Å². The third-order valence-corrected chi connectivity index (χ3v) is 6.20. The number of ether oxygens (including phenoxy) is 2. The smallest absolute Gasteiger partial charge is 0.306 e. The van der Waals surface area contributed by atoms with Crippen LogP contribution in [-0.4, -0.2) is 35.3 Å². The van der Waals surface area contributed by atoms with Crippen molar-refractivity contribution >= 4 is 17.7 Å². The van der Waals surface area contributed by atoms with Crippen molar-refractivity contribution in [1.29, 1.82) is 0 Å². The third-order valence-electron chi connectivity index (χ3n) is 4.29. The van der Waals surface area contributed by atoms with Gasteiger partial charge < -0.3 is 9.47 Å². The lowest BCUT2D eigenvalue weighted by Gasteiger charge is -2.28. The van der Waals surface area contributed by atoms with Crippen molar-refractivity contribution in [3.05, 3.63) is 0 Å². The number of carbonyl (C=O) groups excluding carboxylic acids is 1. The molecule has 0 aromatic carbocycles. The molecule has 1 saturated heterocycles. The van der Waals surface area contributed by atoms with E-state index in [0.717, 1.165) is 25.0 Å². The van der Waals surface area contributed by atoms with Gasteiger partial charge in [-0.05, 0) is 58.1 Å². The standard InChI is InChI=1S/C15H26O3S/c1-13(2)8-11(14(3,4)18-13)19-10-15(6-7-15)9-12(16)17-5/h11H,6-10H2,1-5H3. The Kier molecular flexibility index (Phi) is 3.96. The fraction of sp³-hybridized carbons (Fsp3) is 0.933. The van der Waals surface area contributed by atoms with Gasteiger partial charge in [-0.25, -0.2) is 0 Å². The lowest BCUT2D eigenvalue weighted by molar-refractivity contribution is -0.141. The van der Waals surface area contributed by atoms with Crippen LogP contribution in [0, 0.1) is 5.41 Å². The van der Waals surface area contributed by atoms with Gasteiger partial charge in [-0.3, -0.25) is 4.79 Å². The summed E-state index contributed by atoms with van der Waals surface area (Å²) in [5.74, 6) is 0.982. The average Bonchev–Trinajstić information content (AvgIpc) is 2.98. The van der Waals surface area contributed by atoms with E-state index in [1.165, 1.54) is 7.11 Å². The molecule has 3 nitrogen and oxygen atoms in total. The fourth-order valence-electron chi connectivity index (χ4n) is 2.98. The number of hydrogen-bond acceptors (Lipinski definition) is 4. The Labute approximate surface area is 120 Å². The van der Waals surface area contributed by atoms with Crippen LogP contribution in [0.15, 0.2) is 0 Å². The molecule has 1 aliphatic heterocycles. The van der Waals surface area contributed by atoms with Crippen molar-refractivity contribution in [2.24, 2.45) is 5.41 Å². The van der Waals surface area contributed by atoms with Crippen LogP contribution in [0.3, 0.4) is 0 Å². The van der Waals surface area contributed by atoms with Crippen LogP contribution in [0.2, 0.25) is 0 Å². The maximum Gasteiger partial charge on any atom is 0.306 e. The number of rotatable bonds is 5. The van der Waals surface area contributed by atoms with Gasteiger partial charge in [0.1, 0.15) is 0 Å². The molecule has 1 unspecified atom stereocenters. The molecule has 4 heteroatoms. The Balaban J connectivity index is 1.87. The number of carbonyl (C=O) groups is 1. The number of esters is 1. The van der Waals surface area contributed by atoms with E-state index < -0.39 is 0 Å². The van der Waals surface area contributed by atoms with Crippen LogP contribution in [0.5, 0.6) is 0 Å². The van der Waals surface area contributed by atoms with Gasteiger partial charge >= 0.3 is 5.97 Å². The Hall–Kier alpha value is -0.220. The summed E-state index contributed by atoms with van der Waals surface area (Å²) in [6, 6.07) is 0. The number of hydrogen-bond donors (Lipinski definition) is 0. The first-order valence-corrected chi connectivity index (χ1v) is 8.12. The molecule has 0 amide bonds. The molecular weight excluding hydrogens is 260 g/mol. The summed E-state index contributed by atoms with van der Waals surface area (Å²) in [7, 11) is 1.47. The highest BCUT2D eigenvalue weighted by Gasteiger charge is 2.49. The normalized spacial score (nSPS) is 30.1. The van der Waals surface area contributed by atoms with Gasteiger partial charge in [0, 0.05) is 5.25 Å². The molecule has 1 aliphatic carbocycles. The summed E-state index contributed by atoms with van der Waals surface area (Å²) >= 11 is 1.98. The van der Waals surface area contributed by atoms with E-state index >= 15 is 0 Å². The van der Waals surface area contributed by atoms with Crippen molar-refractivity contribution < 1.29 is 14.3 Å². The van der Waals surface area contributed by atoms with E-state index in [9.17, 15) is 4.79 Å². The highest BCUT2D eigenvalue weighted by molar-refractivity contribution is 8.00. The molecule has 19 heavy (non-hydrogen) atoms. The average molecular weight is 286 g/mol. The first-order chi connectivity index (χ1) is 8.68. The summed E-state index contributed by atoms with van der Waals surface area (Å²) in [5.41, 5.74) is 0.107. The molecule has 0 N–H and O–H groups in total. The molecule has 0 spiro atoms. The van der Waals surface area contributed by atoms with E-state index in [2.05, 4.69) is 27.7 Å². The lowest BCUT2D eigenvalue weighted by atomic mass is 10.0. The second-order valence-electron chi connectivity index (χ2n) is 7.22. The van der Waals surface area contributed by atoms with Crippen LogP contribution in [0.25, 0.3) is 0 Å². The zero-order valence-corrected chi connectivity index (χ0v) is 13.6. The maximum atomic E-state index is 11.4. The second-order valence-corrected chi connectivity index (χ2v) is 8.41. The largest absolute Gasteiger partial charge is 0.469 e. The second kappa shape index (κ2) is 4.96. The quantitative estimate of drug-likeness (QED) is 0.726. The van der Waals surface area contributed by atoms with Gasteiger partial charge in [-0.2, -0.15) is 11.8 Å². The summed E-state index contributed by atoms with van der Waals surface area (Å²) in [6.45, 7) is 8.69. The van der Waals surface area contributed by atoms with E-state index in [1.54, 1.807) is 0 Å². The predicted molar refractivity (Wildman–Crippen MR) is 78.4 cm³/mol. The van der Waals surface area contributed by atoms with E-state index in [1.807, 2.05) is 11.8 Å². The summed E-state index contributed by atoms with van der Waals surface area (Å²) in [5, 5.41) is 0.512. The minimum absolute atomic E-state index is 0.0275. The van der Waals surface area contributed by atoms with Crippen molar-refractivity contribution in [3.63, 3.8) is 0 Å². The lowest BCUT2D eigenvalue weighted by Crippen LogP contribution is -2.31. The van der Waals surface area contributed by atoms with Crippen LogP contribution in [-0.2, 0) is 14.3 Å². The zero-order chi connectivity index (χ0) is 14.3. The first-order valence-electron chi connectivity index (χ1n) is 7.07. The van der Waals surface area contributed by atoms with Crippen LogP contribution in [0.4, 0.5) is 0 Å². The first kappa shape index (κ1) is 15.2. The van der Waals surface area contributed by atoms with Crippen LogP contribution < -0.4 is 0 Å². The van der Waals surface area contributed by atoms with Gasteiger partial charge in [0.05, 0.1) is 24.7 Å². The minimum atomic E-state index is -0.0739. The van der Waals surface area contributed by atoms with E-state index in [0.29, 0.717) is 11.7 Å². The maximum absolute atomic E-state index is 11.4. The molecule has 1 heterocycles. The highest BCUT2D eigenvalue weighted by Crippen LogP contribution is 2.54. The monoisotopic (exact) mass is 286 g/mol. The van der Waals surface area contributed by atoms with Crippen LogP contribution in [0.1, 0.15) is 53.4 Å². The summed E-state index contributed by atoms with van der Waals surface area (Å²) in [4.78, 5) is 11.4. The topological polar surface area (TPSA) is 35.5 Å². The van der Waals surface area contributed by atoms with Crippen molar-refractivity contribution in [1.82, 2.24) is 0 Å². The molecule has 2 rings (SSSR count). The van der Waals surface area contributed by atoms with Gasteiger partial charge in [-0.15, -0.1) is 0 Å². The molecule has 2 aliphatic rings. The Morgan fingerprint density at radius 3 is 2.37 bits per heavy atom. The van der Waals surface area contributed by atoms with Gasteiger partial charge in [0.25, 0.3) is 0 Å². The number of thioether (sulfide) groups is 1. The molecule has 0 bridgehead atoms. The molecular formula is C15H26O3S. The Morgan fingerprint density at radius 1 is 1.32 bits per heavy atom. The summed E-state index contributed by atoms with van der Waals surface area (Å²) < 4.78 is 10.9. The number of methoxy groups -OCH3 is 1. The van der Waals surface area contributed by atoms with E-state index in [4.69, 9.17) is 9.47 Å². The zero-order valence-electron chi connectivity index (χ0n) is 12.7. The SMILES string of the molecule is COC(=O)CC1(CSC2CC(C)(C)OC2(C)C)CC1. The molecule has 0 aromatic rings. The third kappa shape index (κ3) is 3.66. The molecule has 2 fully saturated rings. The van der Waals surface area contributed by atoms with E-state index in [-0.39, 0.29) is 22.6 Å². The van der Waals surface area contributed by atoms with Gasteiger partial charge in [-0.1, -0.05) is 0 Å². The molecule has 110 valence electrons. The van der Waals surface area contributed by atoms with Gasteiger partial charge in [0.2, 0.25) is 0 Å². The Morgan fingerprint density at radius 2 is 1.95 bits per heavy atom. The molecule has 1 saturated carbocycles. The molecule has 0 radical (unpaired) electrons. The van der Waals surface area contributed by atoms with Crippen LogP contribution >= 0.6 is 11.8 Å². The molecule has 0 aromatic heterocycles. The summed E-state index contributed by atoms with van der Waals surface area (Å²) in [6.07, 6.45) is 3.98.